The molecule has 1 aliphatic carbocycles. The molecular formula is C11H20N2O. The second-order valence-electron chi connectivity index (χ2n) is 5.34. The van der Waals surface area contributed by atoms with E-state index < -0.39 is 0 Å². The second kappa shape index (κ2) is 3.30. The van der Waals surface area contributed by atoms with Gasteiger partial charge in [0.2, 0.25) is 0 Å². The van der Waals surface area contributed by atoms with E-state index >= 15 is 0 Å². The summed E-state index contributed by atoms with van der Waals surface area (Å²) < 4.78 is 0. The predicted molar refractivity (Wildman–Crippen MR) is 55.4 cm³/mol. The van der Waals surface area contributed by atoms with Crippen molar-refractivity contribution in [2.24, 2.45) is 10.2 Å². The highest BCUT2D eigenvalue weighted by atomic mass is 16.3. The Hall–Kier alpha value is -0.440. The lowest BCUT2D eigenvalue weighted by Gasteiger charge is -2.20. The predicted octanol–water partition coefficient (Wildman–Crippen LogP) is 2.68. The van der Waals surface area contributed by atoms with Crippen LogP contribution in [0.15, 0.2) is 10.2 Å². The molecule has 0 saturated heterocycles. The molecule has 0 radical (unpaired) electrons. The number of aliphatic hydroxyl groups is 1. The zero-order chi connectivity index (χ0) is 10.2. The fourth-order valence-corrected chi connectivity index (χ4v) is 2.78. The Labute approximate surface area is 85.6 Å². The molecule has 0 amide bonds. The van der Waals surface area contributed by atoms with Gasteiger partial charge in [0.25, 0.3) is 0 Å². The van der Waals surface area contributed by atoms with E-state index in [2.05, 4.69) is 17.2 Å². The molecule has 1 fully saturated rings. The van der Waals surface area contributed by atoms with Crippen LogP contribution in [0.2, 0.25) is 0 Å². The number of azo groups is 1. The van der Waals surface area contributed by atoms with Crippen LogP contribution < -0.4 is 0 Å². The van der Waals surface area contributed by atoms with Crippen molar-refractivity contribution in [2.45, 2.75) is 69.6 Å². The quantitative estimate of drug-likeness (QED) is 0.738. The zero-order valence-corrected chi connectivity index (χ0v) is 9.16. The third kappa shape index (κ3) is 1.83. The summed E-state index contributed by atoms with van der Waals surface area (Å²) in [4.78, 5) is 0. The first-order chi connectivity index (χ1) is 6.54. The molecule has 3 atom stereocenters. The topological polar surface area (TPSA) is 45.0 Å². The van der Waals surface area contributed by atoms with Gasteiger partial charge in [0, 0.05) is 6.42 Å². The molecule has 80 valence electrons. The largest absolute Gasteiger partial charge is 0.393 e. The standard InChI is InChI=1S/C11H20N2O/c1-9(14)4-3-5-11-7-6-10(2,8-11)12-13-11/h9,14H,3-8H2,1-2H3. The minimum atomic E-state index is -0.169. The molecule has 3 heteroatoms. The highest BCUT2D eigenvalue weighted by Crippen LogP contribution is 2.50. The van der Waals surface area contributed by atoms with Crippen LogP contribution in [0.5, 0.6) is 0 Å². The van der Waals surface area contributed by atoms with Crippen LogP contribution in [0.3, 0.4) is 0 Å². The Morgan fingerprint density at radius 3 is 2.57 bits per heavy atom. The highest BCUT2D eigenvalue weighted by molar-refractivity contribution is 5.09. The van der Waals surface area contributed by atoms with Gasteiger partial charge >= 0.3 is 0 Å². The maximum Gasteiger partial charge on any atom is 0.0840 e. The van der Waals surface area contributed by atoms with Crippen molar-refractivity contribution < 1.29 is 5.11 Å². The average Bonchev–Trinajstić information content (AvgIpc) is 2.57. The summed E-state index contributed by atoms with van der Waals surface area (Å²) in [5.41, 5.74) is 0.314. The molecular weight excluding hydrogens is 176 g/mol. The maximum atomic E-state index is 9.19. The molecule has 3 unspecified atom stereocenters. The lowest BCUT2D eigenvalue weighted by atomic mass is 9.90. The van der Waals surface area contributed by atoms with Crippen molar-refractivity contribution in [3.05, 3.63) is 0 Å². The number of hydrogen-bond donors (Lipinski definition) is 1. The third-order valence-electron chi connectivity index (χ3n) is 3.61. The summed E-state index contributed by atoms with van der Waals surface area (Å²) in [6, 6.07) is 0. The molecule has 0 aromatic heterocycles. The van der Waals surface area contributed by atoms with Crippen LogP contribution in [-0.2, 0) is 0 Å². The summed E-state index contributed by atoms with van der Waals surface area (Å²) in [6.07, 6.45) is 6.45. The van der Waals surface area contributed by atoms with E-state index in [-0.39, 0.29) is 17.2 Å². The van der Waals surface area contributed by atoms with Crippen molar-refractivity contribution >= 4 is 0 Å². The Morgan fingerprint density at radius 1 is 1.36 bits per heavy atom. The van der Waals surface area contributed by atoms with Gasteiger partial charge in [-0.25, -0.2) is 0 Å². The maximum absolute atomic E-state index is 9.19. The van der Waals surface area contributed by atoms with E-state index in [0.717, 1.165) is 25.7 Å². The smallest absolute Gasteiger partial charge is 0.0840 e. The molecule has 1 saturated carbocycles. The minimum Gasteiger partial charge on any atom is -0.393 e. The summed E-state index contributed by atoms with van der Waals surface area (Å²) in [5.74, 6) is 0. The van der Waals surface area contributed by atoms with Crippen LogP contribution >= 0.6 is 0 Å². The molecule has 14 heavy (non-hydrogen) atoms. The number of nitrogens with zero attached hydrogens (tertiary/aromatic N) is 2. The van der Waals surface area contributed by atoms with E-state index in [1.807, 2.05) is 6.92 Å². The number of rotatable bonds is 4. The molecule has 0 aromatic carbocycles. The van der Waals surface area contributed by atoms with E-state index in [4.69, 9.17) is 0 Å². The van der Waals surface area contributed by atoms with Crippen molar-refractivity contribution in [2.75, 3.05) is 0 Å². The molecule has 0 spiro atoms. The van der Waals surface area contributed by atoms with Crippen LogP contribution in [0, 0.1) is 0 Å². The van der Waals surface area contributed by atoms with Crippen molar-refractivity contribution in [3.63, 3.8) is 0 Å². The Morgan fingerprint density at radius 2 is 2.14 bits per heavy atom. The summed E-state index contributed by atoms with van der Waals surface area (Å²) in [6.45, 7) is 4.06. The highest BCUT2D eigenvalue weighted by Gasteiger charge is 2.50. The van der Waals surface area contributed by atoms with Crippen molar-refractivity contribution in [1.82, 2.24) is 0 Å². The molecule has 2 bridgehead atoms. The van der Waals surface area contributed by atoms with Crippen LogP contribution in [0.1, 0.15) is 52.4 Å². The SMILES string of the molecule is CC(O)CCCC12CCC(C)(C1)N=N2. The van der Waals surface area contributed by atoms with Gasteiger partial charge in [0.15, 0.2) is 0 Å². The molecule has 1 aliphatic heterocycles. The number of fused-ring (bicyclic) bond motifs is 2. The van der Waals surface area contributed by atoms with E-state index in [9.17, 15) is 5.11 Å². The van der Waals surface area contributed by atoms with Gasteiger partial charge in [-0.2, -0.15) is 10.2 Å². The molecule has 1 heterocycles. The Kier molecular flexibility index (Phi) is 2.38. The van der Waals surface area contributed by atoms with Gasteiger partial charge in [-0.15, -0.1) is 0 Å². The number of aliphatic hydroxyl groups excluding tert-OH is 1. The molecule has 0 aromatic rings. The monoisotopic (exact) mass is 196 g/mol. The fourth-order valence-electron chi connectivity index (χ4n) is 2.78. The molecule has 1 N–H and O–H groups in total. The fraction of sp³-hybridized carbons (Fsp3) is 1.00. The van der Waals surface area contributed by atoms with Crippen LogP contribution in [0.4, 0.5) is 0 Å². The van der Waals surface area contributed by atoms with Crippen LogP contribution in [-0.4, -0.2) is 22.3 Å². The zero-order valence-electron chi connectivity index (χ0n) is 9.16. The van der Waals surface area contributed by atoms with Gasteiger partial charge < -0.3 is 5.11 Å². The van der Waals surface area contributed by atoms with Crippen molar-refractivity contribution in [1.29, 1.82) is 0 Å². The average molecular weight is 196 g/mol. The Balaban J connectivity index is 1.85. The first-order valence-electron chi connectivity index (χ1n) is 5.66. The third-order valence-corrected chi connectivity index (χ3v) is 3.61. The van der Waals surface area contributed by atoms with Gasteiger partial charge in [-0.1, -0.05) is 0 Å². The summed E-state index contributed by atoms with van der Waals surface area (Å²) in [5, 5.41) is 18.0. The summed E-state index contributed by atoms with van der Waals surface area (Å²) in [7, 11) is 0. The van der Waals surface area contributed by atoms with Crippen molar-refractivity contribution in [3.8, 4) is 0 Å². The van der Waals surface area contributed by atoms with Gasteiger partial charge in [-0.3, -0.25) is 0 Å². The van der Waals surface area contributed by atoms with Gasteiger partial charge in [-0.05, 0) is 46.0 Å². The van der Waals surface area contributed by atoms with E-state index in [0.29, 0.717) is 0 Å². The molecule has 3 nitrogen and oxygen atoms in total. The van der Waals surface area contributed by atoms with Gasteiger partial charge in [0.05, 0.1) is 17.2 Å². The van der Waals surface area contributed by atoms with E-state index in [1.165, 1.54) is 12.8 Å². The number of hydrogen-bond acceptors (Lipinski definition) is 3. The first kappa shape index (κ1) is 10.1. The first-order valence-corrected chi connectivity index (χ1v) is 5.66. The lowest BCUT2D eigenvalue weighted by Crippen LogP contribution is -2.21. The molecule has 2 rings (SSSR count). The van der Waals surface area contributed by atoms with Crippen LogP contribution in [0.25, 0.3) is 0 Å². The normalized spacial score (nSPS) is 41.9. The molecule has 2 aliphatic rings. The minimum absolute atomic E-state index is 0.156. The van der Waals surface area contributed by atoms with E-state index in [1.54, 1.807) is 0 Å². The second-order valence-corrected chi connectivity index (χ2v) is 5.34. The van der Waals surface area contributed by atoms with Gasteiger partial charge in [0.1, 0.15) is 0 Å². The summed E-state index contributed by atoms with van der Waals surface area (Å²) >= 11 is 0. The Bertz CT molecular complexity index is 252. The lowest BCUT2D eigenvalue weighted by molar-refractivity contribution is 0.176.